The minimum Gasteiger partial charge on any atom is -0.334 e. The first-order valence-electron chi connectivity index (χ1n) is 7.98. The molecule has 0 aromatic carbocycles. The highest BCUT2D eigenvalue weighted by Crippen LogP contribution is 2.23. The second-order valence-electron chi connectivity index (χ2n) is 6.02. The Morgan fingerprint density at radius 1 is 1.36 bits per heavy atom. The Bertz CT molecular complexity index is 939. The van der Waals surface area contributed by atoms with Crippen LogP contribution < -0.4 is 4.72 Å². The van der Waals surface area contributed by atoms with Crippen LogP contribution in [-0.4, -0.2) is 34.3 Å². The first kappa shape index (κ1) is 17.8. The van der Waals surface area contributed by atoms with Gasteiger partial charge in [-0.2, -0.15) is 5.10 Å². The Balaban J connectivity index is 1.64. The summed E-state index contributed by atoms with van der Waals surface area (Å²) >= 11 is 1.63. The SMILES string of the molecule is Cc1cc(-c2cccs2)nn1CCNS(=O)(=O)c1cn(C(C)C)cn1. The van der Waals surface area contributed by atoms with Gasteiger partial charge in [0.25, 0.3) is 10.0 Å². The Kier molecular flexibility index (Phi) is 5.07. The Morgan fingerprint density at radius 2 is 2.16 bits per heavy atom. The van der Waals surface area contributed by atoms with Crippen molar-refractivity contribution in [2.24, 2.45) is 0 Å². The predicted octanol–water partition coefficient (Wildman–Crippen LogP) is 2.68. The van der Waals surface area contributed by atoms with Gasteiger partial charge in [-0.3, -0.25) is 4.68 Å². The van der Waals surface area contributed by atoms with E-state index in [2.05, 4.69) is 14.8 Å². The first-order chi connectivity index (χ1) is 11.9. The number of sulfonamides is 1. The van der Waals surface area contributed by atoms with Gasteiger partial charge in [-0.05, 0) is 38.3 Å². The fourth-order valence-electron chi connectivity index (χ4n) is 2.38. The molecule has 0 fully saturated rings. The molecular formula is C16H21N5O2S2. The number of thiophene rings is 1. The van der Waals surface area contributed by atoms with E-state index in [1.165, 1.54) is 6.33 Å². The van der Waals surface area contributed by atoms with Crippen molar-refractivity contribution >= 4 is 21.4 Å². The minimum atomic E-state index is -3.61. The van der Waals surface area contributed by atoms with E-state index in [0.717, 1.165) is 16.3 Å². The molecule has 0 unspecified atom stereocenters. The summed E-state index contributed by atoms with van der Waals surface area (Å²) in [7, 11) is -3.61. The number of rotatable bonds is 7. The average Bonchev–Trinajstić information content (AvgIpc) is 3.28. The monoisotopic (exact) mass is 379 g/mol. The van der Waals surface area contributed by atoms with Crippen molar-refractivity contribution in [3.05, 3.63) is 41.8 Å². The summed E-state index contributed by atoms with van der Waals surface area (Å²) in [5.41, 5.74) is 1.90. The van der Waals surface area contributed by atoms with Crippen molar-refractivity contribution in [2.75, 3.05) is 6.54 Å². The topological polar surface area (TPSA) is 81.8 Å². The number of nitrogens with one attached hydrogen (secondary N) is 1. The fourth-order valence-corrected chi connectivity index (χ4v) is 4.02. The van der Waals surface area contributed by atoms with E-state index >= 15 is 0 Å². The molecule has 0 saturated carbocycles. The molecule has 134 valence electrons. The molecule has 0 aliphatic rings. The van der Waals surface area contributed by atoms with Crippen LogP contribution in [0.3, 0.4) is 0 Å². The number of aryl methyl sites for hydroxylation is 1. The zero-order valence-electron chi connectivity index (χ0n) is 14.4. The predicted molar refractivity (Wildman–Crippen MR) is 98.1 cm³/mol. The van der Waals surface area contributed by atoms with Gasteiger partial charge in [-0.25, -0.2) is 18.1 Å². The number of hydrogen-bond donors (Lipinski definition) is 1. The molecule has 0 aliphatic heterocycles. The van der Waals surface area contributed by atoms with Crippen LogP contribution in [0.2, 0.25) is 0 Å². The van der Waals surface area contributed by atoms with Gasteiger partial charge in [-0.15, -0.1) is 11.3 Å². The van der Waals surface area contributed by atoms with E-state index in [0.29, 0.717) is 6.54 Å². The standard InChI is InChI=1S/C16H21N5O2S2/c1-12(2)20-10-16(17-11-20)25(22,23)18-6-7-21-13(3)9-14(19-21)15-5-4-8-24-15/h4-5,8-12,18H,6-7H2,1-3H3. The molecule has 3 aromatic heterocycles. The van der Waals surface area contributed by atoms with E-state index < -0.39 is 10.0 Å². The fraction of sp³-hybridized carbons (Fsp3) is 0.375. The third-order valence-corrected chi connectivity index (χ3v) is 6.06. The lowest BCUT2D eigenvalue weighted by Crippen LogP contribution is -2.28. The molecule has 9 heteroatoms. The lowest BCUT2D eigenvalue weighted by atomic mass is 10.3. The van der Waals surface area contributed by atoms with Crippen molar-refractivity contribution in [1.82, 2.24) is 24.1 Å². The zero-order chi connectivity index (χ0) is 18.0. The van der Waals surface area contributed by atoms with Gasteiger partial charge in [-0.1, -0.05) is 6.07 Å². The summed E-state index contributed by atoms with van der Waals surface area (Å²) in [5.74, 6) is 0. The molecule has 7 nitrogen and oxygen atoms in total. The van der Waals surface area contributed by atoms with E-state index in [1.54, 1.807) is 22.1 Å². The molecule has 1 N–H and O–H groups in total. The van der Waals surface area contributed by atoms with Crippen molar-refractivity contribution in [2.45, 2.75) is 38.4 Å². The van der Waals surface area contributed by atoms with Gasteiger partial charge >= 0.3 is 0 Å². The van der Waals surface area contributed by atoms with Gasteiger partial charge in [0, 0.05) is 24.5 Å². The van der Waals surface area contributed by atoms with Crippen molar-refractivity contribution < 1.29 is 8.42 Å². The highest BCUT2D eigenvalue weighted by Gasteiger charge is 2.18. The largest absolute Gasteiger partial charge is 0.334 e. The number of hydrogen-bond acceptors (Lipinski definition) is 5. The quantitative estimate of drug-likeness (QED) is 0.684. The molecule has 3 rings (SSSR count). The Hall–Kier alpha value is -1.97. The van der Waals surface area contributed by atoms with Crippen molar-refractivity contribution in [3.8, 4) is 10.6 Å². The zero-order valence-corrected chi connectivity index (χ0v) is 16.0. The number of aromatic nitrogens is 4. The molecular weight excluding hydrogens is 358 g/mol. The molecule has 0 saturated heterocycles. The molecule has 0 atom stereocenters. The summed E-state index contributed by atoms with van der Waals surface area (Å²) in [6.45, 7) is 6.61. The van der Waals surface area contributed by atoms with Crippen LogP contribution in [0.25, 0.3) is 10.6 Å². The van der Waals surface area contributed by atoms with Crippen LogP contribution in [0.4, 0.5) is 0 Å². The van der Waals surface area contributed by atoms with Gasteiger partial charge < -0.3 is 4.57 Å². The smallest absolute Gasteiger partial charge is 0.259 e. The van der Waals surface area contributed by atoms with Crippen molar-refractivity contribution in [1.29, 1.82) is 0 Å². The van der Waals surface area contributed by atoms with Crippen LogP contribution in [-0.2, 0) is 16.6 Å². The average molecular weight is 380 g/mol. The second kappa shape index (κ2) is 7.11. The molecule has 0 amide bonds. The van der Waals surface area contributed by atoms with Crippen LogP contribution in [0, 0.1) is 6.92 Å². The molecule has 0 bridgehead atoms. The van der Waals surface area contributed by atoms with Crippen LogP contribution in [0.15, 0.2) is 41.1 Å². The molecule has 3 aromatic rings. The molecule has 0 aliphatic carbocycles. The molecule has 25 heavy (non-hydrogen) atoms. The van der Waals surface area contributed by atoms with E-state index in [4.69, 9.17) is 0 Å². The summed E-state index contributed by atoms with van der Waals surface area (Å²) < 4.78 is 30.8. The maximum Gasteiger partial charge on any atom is 0.259 e. The van der Waals surface area contributed by atoms with Crippen LogP contribution in [0.1, 0.15) is 25.6 Å². The molecule has 0 spiro atoms. The minimum absolute atomic E-state index is 0.0395. The summed E-state index contributed by atoms with van der Waals surface area (Å²) in [5, 5.41) is 6.59. The van der Waals surface area contributed by atoms with Gasteiger partial charge in [0.05, 0.1) is 17.7 Å². The van der Waals surface area contributed by atoms with Crippen molar-refractivity contribution in [3.63, 3.8) is 0 Å². The van der Waals surface area contributed by atoms with E-state index in [9.17, 15) is 8.42 Å². The summed E-state index contributed by atoms with van der Waals surface area (Å²) in [6.07, 6.45) is 3.07. The van der Waals surface area contributed by atoms with E-state index in [-0.39, 0.29) is 17.6 Å². The maximum atomic E-state index is 12.3. The molecule has 3 heterocycles. The Labute approximate surface area is 151 Å². The van der Waals surface area contributed by atoms with E-state index in [1.807, 2.05) is 49.0 Å². The summed E-state index contributed by atoms with van der Waals surface area (Å²) in [4.78, 5) is 5.08. The molecule has 0 radical (unpaired) electrons. The normalized spacial score (nSPS) is 12.2. The third-order valence-electron chi connectivity index (χ3n) is 3.82. The first-order valence-corrected chi connectivity index (χ1v) is 10.3. The second-order valence-corrected chi connectivity index (χ2v) is 8.68. The highest BCUT2D eigenvalue weighted by molar-refractivity contribution is 7.89. The number of nitrogens with zero attached hydrogens (tertiary/aromatic N) is 4. The van der Waals surface area contributed by atoms with Crippen LogP contribution >= 0.6 is 11.3 Å². The maximum absolute atomic E-state index is 12.3. The Morgan fingerprint density at radius 3 is 2.80 bits per heavy atom. The lowest BCUT2D eigenvalue weighted by molar-refractivity contribution is 0.553. The highest BCUT2D eigenvalue weighted by atomic mass is 32.2. The summed E-state index contributed by atoms with van der Waals surface area (Å²) in [6, 6.07) is 6.17. The van der Waals surface area contributed by atoms with Crippen LogP contribution in [0.5, 0.6) is 0 Å². The van der Waals surface area contributed by atoms with Gasteiger partial charge in [0.1, 0.15) is 5.69 Å². The van der Waals surface area contributed by atoms with Gasteiger partial charge in [0.15, 0.2) is 5.03 Å². The van der Waals surface area contributed by atoms with Gasteiger partial charge in [0.2, 0.25) is 0 Å². The third kappa shape index (κ3) is 4.00. The number of imidazole rings is 1. The lowest BCUT2D eigenvalue weighted by Gasteiger charge is -2.07.